The third-order valence-corrected chi connectivity index (χ3v) is 7.03. The van der Waals surface area contributed by atoms with E-state index in [9.17, 15) is 19.2 Å². The van der Waals surface area contributed by atoms with Gasteiger partial charge in [-0.25, -0.2) is 0 Å². The van der Waals surface area contributed by atoms with E-state index < -0.39 is 11.9 Å². The second kappa shape index (κ2) is 7.71. The molecule has 1 N–H and O–H groups in total. The Labute approximate surface area is 190 Å². The van der Waals surface area contributed by atoms with Crippen LogP contribution in [0.4, 0.5) is 5.69 Å². The summed E-state index contributed by atoms with van der Waals surface area (Å²) in [5.41, 5.74) is 0.975. The number of benzene rings is 2. The Morgan fingerprint density at radius 3 is 2.25 bits per heavy atom. The third kappa shape index (κ3) is 3.17. The van der Waals surface area contributed by atoms with Crippen molar-refractivity contribution in [1.29, 1.82) is 0 Å². The average molecular weight is 449 g/mol. The van der Waals surface area contributed by atoms with E-state index in [2.05, 4.69) is 5.32 Å². The normalized spacial score (nSPS) is 26.4. The number of anilines is 1. The Morgan fingerprint density at radius 2 is 1.62 bits per heavy atom. The lowest BCUT2D eigenvalue weighted by molar-refractivity contribution is -0.146. The smallest absolute Gasteiger partial charge is 0.247 e. The van der Waals surface area contributed by atoms with E-state index in [0.717, 1.165) is 11.3 Å². The highest BCUT2D eigenvalue weighted by atomic mass is 35.5. The van der Waals surface area contributed by atoms with Crippen LogP contribution in [0.1, 0.15) is 29.3 Å². The minimum Gasteiger partial charge on any atom is -0.324 e. The monoisotopic (exact) mass is 448 g/mol. The fourth-order valence-electron chi connectivity index (χ4n) is 5.22. The van der Waals surface area contributed by atoms with Gasteiger partial charge in [-0.05, 0) is 43.4 Å². The van der Waals surface area contributed by atoms with Gasteiger partial charge in [-0.1, -0.05) is 54.1 Å². The Hall–Kier alpha value is -3.25. The summed E-state index contributed by atoms with van der Waals surface area (Å²) in [6.45, 7) is 1.54. The standard InChI is InChI=1S/C25H21ClN2O4/c1-13(28-24(31)20-15-7-8-16(11-15)21(20)25(28)32)23(30)27-19-10-9-17(26)12-18(19)22(29)14-5-3-2-4-6-14/h2-10,12-13,15-16,20-21H,11H2,1H3,(H,27,30)/t13-,15-,16+,20+,21+/m1/s1. The van der Waals surface area contributed by atoms with Gasteiger partial charge in [-0.15, -0.1) is 0 Å². The van der Waals surface area contributed by atoms with Gasteiger partial charge >= 0.3 is 0 Å². The minimum absolute atomic E-state index is 0.0769. The topological polar surface area (TPSA) is 83.6 Å². The summed E-state index contributed by atoms with van der Waals surface area (Å²) in [7, 11) is 0. The molecular formula is C25H21ClN2O4. The van der Waals surface area contributed by atoms with E-state index in [0.29, 0.717) is 10.6 Å². The fraction of sp³-hybridized carbons (Fsp3) is 0.280. The number of likely N-dealkylation sites (tertiary alicyclic amines) is 1. The molecule has 5 atom stereocenters. The first-order valence-corrected chi connectivity index (χ1v) is 11.0. The Balaban J connectivity index is 1.38. The predicted octanol–water partition coefficient (Wildman–Crippen LogP) is 3.71. The number of carbonyl (C=O) groups excluding carboxylic acids is 4. The molecule has 6 nitrogen and oxygen atoms in total. The van der Waals surface area contributed by atoms with Crippen LogP contribution in [0.25, 0.3) is 0 Å². The molecule has 32 heavy (non-hydrogen) atoms. The fourth-order valence-corrected chi connectivity index (χ4v) is 5.39. The van der Waals surface area contributed by atoms with Gasteiger partial charge in [0.25, 0.3) is 0 Å². The minimum atomic E-state index is -0.990. The van der Waals surface area contributed by atoms with Gasteiger partial charge in [0.2, 0.25) is 17.7 Å². The molecule has 0 unspecified atom stereocenters. The summed E-state index contributed by atoms with van der Waals surface area (Å²) in [5, 5.41) is 3.09. The molecule has 2 aromatic rings. The Morgan fingerprint density at radius 1 is 1.00 bits per heavy atom. The molecule has 2 bridgehead atoms. The van der Waals surface area contributed by atoms with Gasteiger partial charge in [-0.3, -0.25) is 24.1 Å². The van der Waals surface area contributed by atoms with E-state index in [1.165, 1.54) is 13.0 Å². The number of imide groups is 1. The molecule has 2 aliphatic carbocycles. The van der Waals surface area contributed by atoms with E-state index in [-0.39, 0.29) is 52.5 Å². The van der Waals surface area contributed by atoms with Crippen LogP contribution in [0.15, 0.2) is 60.7 Å². The van der Waals surface area contributed by atoms with Crippen LogP contribution in [0.3, 0.4) is 0 Å². The maximum absolute atomic E-state index is 13.1. The summed E-state index contributed by atoms with van der Waals surface area (Å²) in [6.07, 6.45) is 4.86. The molecule has 1 saturated heterocycles. The number of carbonyl (C=O) groups is 4. The number of nitrogens with zero attached hydrogens (tertiary/aromatic N) is 1. The molecular weight excluding hydrogens is 428 g/mol. The second-order valence-corrected chi connectivity index (χ2v) is 9.03. The zero-order chi connectivity index (χ0) is 22.6. The third-order valence-electron chi connectivity index (χ3n) is 6.79. The Bertz CT molecular complexity index is 1150. The van der Waals surface area contributed by atoms with Gasteiger partial charge < -0.3 is 5.32 Å². The van der Waals surface area contributed by atoms with Gasteiger partial charge in [0.1, 0.15) is 6.04 Å². The number of rotatable bonds is 5. The number of allylic oxidation sites excluding steroid dienone is 2. The van der Waals surface area contributed by atoms with Crippen molar-refractivity contribution in [3.63, 3.8) is 0 Å². The summed E-state index contributed by atoms with van der Waals surface area (Å²) in [5.74, 6) is -1.96. The summed E-state index contributed by atoms with van der Waals surface area (Å²) in [4.78, 5) is 53.2. The van der Waals surface area contributed by atoms with Gasteiger partial charge in [0.05, 0.1) is 17.5 Å². The number of ketones is 1. The molecule has 5 rings (SSSR count). The van der Waals surface area contributed by atoms with Crippen LogP contribution < -0.4 is 5.32 Å². The van der Waals surface area contributed by atoms with Crippen molar-refractivity contribution in [2.45, 2.75) is 19.4 Å². The molecule has 0 radical (unpaired) electrons. The van der Waals surface area contributed by atoms with Gasteiger partial charge in [0, 0.05) is 16.1 Å². The Kier molecular flexibility index (Phi) is 4.97. The number of hydrogen-bond acceptors (Lipinski definition) is 4. The number of amides is 3. The molecule has 1 saturated carbocycles. The van der Waals surface area contributed by atoms with E-state index >= 15 is 0 Å². The number of nitrogens with one attached hydrogen (secondary N) is 1. The van der Waals surface area contributed by atoms with E-state index in [4.69, 9.17) is 11.6 Å². The van der Waals surface area contributed by atoms with Crippen molar-refractivity contribution in [3.8, 4) is 0 Å². The number of halogens is 1. The van der Waals surface area contributed by atoms with Crippen LogP contribution >= 0.6 is 11.6 Å². The molecule has 0 spiro atoms. The second-order valence-electron chi connectivity index (χ2n) is 8.60. The molecule has 1 aliphatic heterocycles. The largest absolute Gasteiger partial charge is 0.324 e. The van der Waals surface area contributed by atoms with E-state index in [1.54, 1.807) is 42.5 Å². The number of hydrogen-bond donors (Lipinski definition) is 1. The van der Waals surface area contributed by atoms with Crippen LogP contribution in [-0.2, 0) is 14.4 Å². The first kappa shape index (κ1) is 20.6. The van der Waals surface area contributed by atoms with Gasteiger partial charge in [-0.2, -0.15) is 0 Å². The highest BCUT2D eigenvalue weighted by Crippen LogP contribution is 2.52. The van der Waals surface area contributed by atoms with Crippen LogP contribution in [0.2, 0.25) is 5.02 Å². The van der Waals surface area contributed by atoms with Crippen molar-refractivity contribution in [2.24, 2.45) is 23.7 Å². The maximum Gasteiger partial charge on any atom is 0.247 e. The summed E-state index contributed by atoms with van der Waals surface area (Å²) < 4.78 is 0. The molecule has 1 heterocycles. The van der Waals surface area contributed by atoms with Crippen molar-refractivity contribution < 1.29 is 19.2 Å². The average Bonchev–Trinajstić information content (AvgIpc) is 3.48. The molecule has 162 valence electrons. The predicted molar refractivity (Wildman–Crippen MR) is 119 cm³/mol. The van der Waals surface area contributed by atoms with E-state index in [1.807, 2.05) is 12.2 Å². The SMILES string of the molecule is C[C@H](C(=O)Nc1ccc(Cl)cc1C(=O)c1ccccc1)N1C(=O)[C@@H]2[C@@H](C1=O)[C@H]1C=C[C@@H]2C1. The first-order valence-electron chi connectivity index (χ1n) is 10.6. The molecule has 2 fully saturated rings. The van der Waals surface area contributed by atoms with Crippen molar-refractivity contribution in [2.75, 3.05) is 5.32 Å². The van der Waals surface area contributed by atoms with Gasteiger partial charge in [0.15, 0.2) is 5.78 Å². The quantitative estimate of drug-likeness (QED) is 0.429. The number of fused-ring (bicyclic) bond motifs is 5. The van der Waals surface area contributed by atoms with Crippen molar-refractivity contribution in [1.82, 2.24) is 4.90 Å². The summed E-state index contributed by atoms with van der Waals surface area (Å²) in [6, 6.07) is 12.3. The van der Waals surface area contributed by atoms with Crippen LogP contribution in [0, 0.1) is 23.7 Å². The molecule has 7 heteroatoms. The molecule has 0 aromatic heterocycles. The first-order chi connectivity index (χ1) is 15.4. The zero-order valence-corrected chi connectivity index (χ0v) is 18.1. The van der Waals surface area contributed by atoms with Crippen molar-refractivity contribution in [3.05, 3.63) is 76.8 Å². The highest BCUT2D eigenvalue weighted by molar-refractivity contribution is 6.31. The summed E-state index contributed by atoms with van der Waals surface area (Å²) >= 11 is 6.11. The molecule has 3 aliphatic rings. The zero-order valence-electron chi connectivity index (χ0n) is 17.3. The lowest BCUT2D eigenvalue weighted by Gasteiger charge is -2.24. The lowest BCUT2D eigenvalue weighted by Crippen LogP contribution is -2.46. The molecule has 2 aromatic carbocycles. The van der Waals surface area contributed by atoms with Crippen molar-refractivity contribution >= 4 is 40.8 Å². The maximum atomic E-state index is 13.1. The molecule has 3 amide bonds. The highest BCUT2D eigenvalue weighted by Gasteiger charge is 2.60. The lowest BCUT2D eigenvalue weighted by atomic mass is 9.85. The van der Waals surface area contributed by atoms with Crippen LogP contribution in [-0.4, -0.2) is 34.4 Å². The van der Waals surface area contributed by atoms with Crippen LogP contribution in [0.5, 0.6) is 0 Å².